The Morgan fingerprint density at radius 2 is 1.50 bits per heavy atom. The Hall–Kier alpha value is -1.06. The first kappa shape index (κ1) is 2.17. The molecule has 1 aromatic heterocycles. The van der Waals surface area contributed by atoms with Crippen LogP contribution in [-0.4, -0.2) is 0 Å². The van der Waals surface area contributed by atoms with E-state index in [1.165, 1.54) is 0 Å². The van der Waals surface area contributed by atoms with E-state index in [1.807, 2.05) is 0 Å². The molecule has 4 heteroatoms. The second-order valence-corrected chi connectivity index (χ2v) is 0.977. The third kappa shape index (κ3) is 0.0661. The van der Waals surface area contributed by atoms with Crippen molar-refractivity contribution in [3.05, 3.63) is 0 Å². The molecule has 0 saturated carbocycles. The summed E-state index contributed by atoms with van der Waals surface area (Å²) in [5, 5.41) is 6.79. The van der Waals surface area contributed by atoms with Crippen LogP contribution in [0, 0.1) is 0 Å². The second kappa shape index (κ2) is 0.426. The minimum Gasteiger partial charge on any atom is -0.259 e. The van der Waals surface area contributed by atoms with Gasteiger partial charge in [-0.25, -0.2) is 0 Å². The van der Waals surface area contributed by atoms with E-state index >= 15 is 0 Å². The molecule has 2 heterocycles. The molecule has 1 aliphatic heterocycles. The van der Waals surface area contributed by atoms with E-state index in [-0.39, 0.29) is 0 Å². The van der Waals surface area contributed by atoms with Crippen LogP contribution in [0.2, 0.25) is 0 Å². The van der Waals surface area contributed by atoms with Gasteiger partial charge < -0.3 is 0 Å². The molecule has 6 heavy (non-hydrogen) atoms. The maximum Gasteiger partial charge on any atom is 0.357 e. The predicted octanol–water partition coefficient (Wildman–Crippen LogP) is 1.60. The molecule has 0 aromatic carbocycles. The Bertz CT molecular complexity index is 164. The van der Waals surface area contributed by atoms with Crippen LogP contribution < -0.4 is 0 Å². The monoisotopic (exact) mass is 84.0 g/mol. The fourth-order valence-electron chi connectivity index (χ4n) is 0.281. The lowest BCUT2D eigenvalue weighted by atomic mass is 10.7. The van der Waals surface area contributed by atoms with Crippen molar-refractivity contribution in [1.82, 2.24) is 0 Å². The molecule has 30 valence electrons. The van der Waals surface area contributed by atoms with Crippen molar-refractivity contribution in [2.45, 2.75) is 0 Å². The van der Waals surface area contributed by atoms with Crippen LogP contribution in [-0.2, 0) is 0 Å². The number of hydrogen-bond acceptors (Lipinski definition) is 4. The second-order valence-electron chi connectivity index (χ2n) is 0.977. The summed E-state index contributed by atoms with van der Waals surface area (Å²) in [5.74, 6) is 1.05. The Kier molecular flexibility index (Phi) is 0.154. The molecule has 0 fully saturated rings. The summed E-state index contributed by atoms with van der Waals surface area (Å²) < 4.78 is 8.50. The van der Waals surface area contributed by atoms with Crippen LogP contribution in [0.5, 0.6) is 0 Å². The summed E-state index contributed by atoms with van der Waals surface area (Å²) in [5.41, 5.74) is 0. The summed E-state index contributed by atoms with van der Waals surface area (Å²) in [6, 6.07) is 0. The van der Waals surface area contributed by atoms with Crippen molar-refractivity contribution in [2.24, 2.45) is 10.2 Å². The van der Waals surface area contributed by atoms with Gasteiger partial charge in [0.1, 0.15) is 0 Å². The molecule has 1 aromatic rings. The van der Waals surface area contributed by atoms with Crippen LogP contribution in [0.15, 0.2) is 19.4 Å². The number of nitrogens with zero attached hydrogens (tertiary/aromatic N) is 2. The molecule has 0 aliphatic carbocycles. The molecule has 4 nitrogen and oxygen atoms in total. The zero-order valence-corrected chi connectivity index (χ0v) is 2.71. The van der Waals surface area contributed by atoms with Gasteiger partial charge in [-0.3, -0.25) is 9.15 Å². The first-order valence-electron chi connectivity index (χ1n) is 1.47. The summed E-state index contributed by atoms with van der Waals surface area (Å²) >= 11 is 0. The van der Waals surface area contributed by atoms with Gasteiger partial charge in [0, 0.05) is 0 Å². The highest BCUT2D eigenvalue weighted by atomic mass is 17.0. The third-order valence-electron chi connectivity index (χ3n) is 0.614. The van der Waals surface area contributed by atoms with Gasteiger partial charge >= 0.3 is 11.8 Å². The lowest BCUT2D eigenvalue weighted by Crippen LogP contribution is -1.76. The molecule has 0 spiro atoms. The van der Waals surface area contributed by atoms with Crippen LogP contribution in [0.1, 0.15) is 0 Å². The average Bonchev–Trinajstić information content (AvgIpc) is 1.54. The highest BCUT2D eigenvalue weighted by Crippen LogP contribution is 2.41. The normalized spacial score (nSPS) is 14.0. The van der Waals surface area contributed by atoms with Gasteiger partial charge in [0.25, 0.3) is 0 Å². The van der Waals surface area contributed by atoms with E-state index in [0.29, 0.717) is 11.8 Å². The van der Waals surface area contributed by atoms with E-state index in [0.717, 1.165) is 0 Å². The zero-order valence-electron chi connectivity index (χ0n) is 2.71. The van der Waals surface area contributed by atoms with Crippen LogP contribution >= 0.6 is 0 Å². The smallest absolute Gasteiger partial charge is 0.259 e. The van der Waals surface area contributed by atoms with Crippen LogP contribution in [0.3, 0.4) is 0 Å². The van der Waals surface area contributed by atoms with Crippen molar-refractivity contribution in [3.63, 3.8) is 0 Å². The van der Waals surface area contributed by atoms with Gasteiger partial charge in [-0.2, -0.15) is 0 Å². The fourth-order valence-corrected chi connectivity index (χ4v) is 0.281. The Morgan fingerprint density at radius 3 is 1.50 bits per heavy atom. The Labute approximate surface area is 32.4 Å². The molecule has 0 bridgehead atoms. The van der Waals surface area contributed by atoms with Gasteiger partial charge in [-0.05, 0) is 0 Å². The predicted molar refractivity (Wildman–Crippen MR) is 15.2 cm³/mol. The summed E-state index contributed by atoms with van der Waals surface area (Å²) in [7, 11) is 0. The van der Waals surface area contributed by atoms with E-state index in [1.54, 1.807) is 0 Å². The molecule has 0 saturated heterocycles. The minimum absolute atomic E-state index is 0.523. The number of fused-ring (bicyclic) bond motifs is 1. The lowest BCUT2D eigenvalue weighted by Gasteiger charge is -2.01. The highest BCUT2D eigenvalue weighted by Gasteiger charge is 2.21. The largest absolute Gasteiger partial charge is 0.357 e. The summed E-state index contributed by atoms with van der Waals surface area (Å²) in [4.78, 5) is 0. The lowest BCUT2D eigenvalue weighted by molar-refractivity contribution is 0.0129. The zero-order chi connectivity index (χ0) is 3.98. The Balaban J connectivity index is 2.74. The highest BCUT2D eigenvalue weighted by molar-refractivity contribution is 5.49. The molecule has 0 amide bonds. The van der Waals surface area contributed by atoms with Gasteiger partial charge in [0.15, 0.2) is 0 Å². The van der Waals surface area contributed by atoms with E-state index in [9.17, 15) is 0 Å². The molecular weight excluding hydrogens is 84.0 g/mol. The summed E-state index contributed by atoms with van der Waals surface area (Å²) in [6.07, 6.45) is 0. The van der Waals surface area contributed by atoms with Gasteiger partial charge in [-0.15, -0.1) is 0 Å². The molecule has 0 unspecified atom stereocenters. The van der Waals surface area contributed by atoms with Gasteiger partial charge in [-0.1, -0.05) is 10.2 Å². The van der Waals surface area contributed by atoms with Gasteiger partial charge in [0.2, 0.25) is 0 Å². The average molecular weight is 84.0 g/mol. The molecular formula is C2N2O2. The van der Waals surface area contributed by atoms with E-state index in [2.05, 4.69) is 19.4 Å². The van der Waals surface area contributed by atoms with Crippen molar-refractivity contribution < 1.29 is 9.15 Å². The molecule has 1 aliphatic rings. The third-order valence-corrected chi connectivity index (χ3v) is 0.614. The van der Waals surface area contributed by atoms with E-state index < -0.39 is 0 Å². The van der Waals surface area contributed by atoms with Crippen molar-refractivity contribution in [2.75, 3.05) is 0 Å². The number of rotatable bonds is 0. The quantitative estimate of drug-likeness (QED) is 0.455. The Morgan fingerprint density at radius 1 is 1.00 bits per heavy atom. The van der Waals surface area contributed by atoms with Crippen LogP contribution in [0.4, 0.5) is 11.8 Å². The van der Waals surface area contributed by atoms with Crippen molar-refractivity contribution in [1.29, 1.82) is 0 Å². The van der Waals surface area contributed by atoms with Crippen molar-refractivity contribution >= 4 is 11.8 Å². The summed E-state index contributed by atoms with van der Waals surface area (Å²) in [6.45, 7) is 0. The molecule has 0 N–H and O–H groups in total. The standard InChI is InChI=1S/C2N2O2/c3-1-2(4-3)6-5-1. The van der Waals surface area contributed by atoms with Gasteiger partial charge in [0.05, 0.1) is 0 Å². The first-order chi connectivity index (χ1) is 2.97. The molecule has 0 radical (unpaired) electrons. The minimum atomic E-state index is 0.523. The molecule has 0 atom stereocenters. The van der Waals surface area contributed by atoms with Crippen molar-refractivity contribution in [3.8, 4) is 0 Å². The fraction of sp³-hybridized carbons (Fsp3) is 0. The van der Waals surface area contributed by atoms with E-state index in [4.69, 9.17) is 0 Å². The maximum atomic E-state index is 4.25. The maximum absolute atomic E-state index is 4.25. The first-order valence-corrected chi connectivity index (χ1v) is 1.47. The molecule has 2 rings (SSSR count). The number of hydrogen-bond donors (Lipinski definition) is 0. The SMILES string of the molecule is N1=Nc2ooc21. The van der Waals surface area contributed by atoms with Crippen LogP contribution in [0.25, 0.3) is 0 Å². The number of azo groups is 1. The topological polar surface area (TPSA) is 51.0 Å².